The van der Waals surface area contributed by atoms with Crippen LogP contribution in [0.5, 0.6) is 5.88 Å². The molecule has 0 atom stereocenters. The van der Waals surface area contributed by atoms with E-state index in [-0.39, 0.29) is 17.5 Å². The van der Waals surface area contributed by atoms with E-state index < -0.39 is 0 Å². The number of esters is 1. The van der Waals surface area contributed by atoms with Gasteiger partial charge in [-0.1, -0.05) is 0 Å². The molecule has 1 aliphatic rings. The van der Waals surface area contributed by atoms with E-state index in [2.05, 4.69) is 20.9 Å². The maximum Gasteiger partial charge on any atom is 0.311 e. The van der Waals surface area contributed by atoms with Crippen molar-refractivity contribution in [3.05, 3.63) is 22.8 Å². The number of carbonyl (C=O) groups is 1. The molecule has 1 heterocycles. The van der Waals surface area contributed by atoms with E-state index >= 15 is 0 Å². The van der Waals surface area contributed by atoms with Crippen LogP contribution in [0, 0.1) is 5.41 Å². The fourth-order valence-electron chi connectivity index (χ4n) is 2.46. The highest BCUT2D eigenvalue weighted by molar-refractivity contribution is 9.10. The second kappa shape index (κ2) is 6.57. The summed E-state index contributed by atoms with van der Waals surface area (Å²) >= 11 is 3.35. The first-order chi connectivity index (χ1) is 9.53. The lowest BCUT2D eigenvalue weighted by molar-refractivity contribution is -0.157. The SMILES string of the molecule is CCOC(=O)[C@]1(C)CC[C@H](Oc2ccc(Br)cn2)CC1. The van der Waals surface area contributed by atoms with Crippen LogP contribution in [0.4, 0.5) is 0 Å². The quantitative estimate of drug-likeness (QED) is 0.782. The number of hydrogen-bond acceptors (Lipinski definition) is 4. The van der Waals surface area contributed by atoms with Gasteiger partial charge in [0.15, 0.2) is 0 Å². The minimum atomic E-state index is -0.358. The van der Waals surface area contributed by atoms with Gasteiger partial charge in [0.1, 0.15) is 6.10 Å². The normalized spacial score (nSPS) is 26.1. The molecule has 1 aromatic rings. The molecule has 110 valence electrons. The number of pyridine rings is 1. The van der Waals surface area contributed by atoms with Gasteiger partial charge < -0.3 is 9.47 Å². The summed E-state index contributed by atoms with van der Waals surface area (Å²) in [6.45, 7) is 4.27. The van der Waals surface area contributed by atoms with E-state index in [0.29, 0.717) is 12.5 Å². The van der Waals surface area contributed by atoms with Gasteiger partial charge in [-0.25, -0.2) is 4.98 Å². The topological polar surface area (TPSA) is 48.4 Å². The fourth-order valence-corrected chi connectivity index (χ4v) is 2.69. The predicted molar refractivity (Wildman–Crippen MR) is 79.6 cm³/mol. The number of rotatable bonds is 4. The first-order valence-corrected chi connectivity index (χ1v) is 7.78. The highest BCUT2D eigenvalue weighted by atomic mass is 79.9. The minimum absolute atomic E-state index is 0.0831. The lowest BCUT2D eigenvalue weighted by Gasteiger charge is -2.34. The maximum atomic E-state index is 11.9. The summed E-state index contributed by atoms with van der Waals surface area (Å²) in [6, 6.07) is 3.76. The zero-order valence-corrected chi connectivity index (χ0v) is 13.5. The molecule has 0 unspecified atom stereocenters. The zero-order valence-electron chi connectivity index (χ0n) is 11.9. The smallest absolute Gasteiger partial charge is 0.311 e. The lowest BCUT2D eigenvalue weighted by atomic mass is 9.75. The Labute approximate surface area is 128 Å². The fraction of sp³-hybridized carbons (Fsp3) is 0.600. The van der Waals surface area contributed by atoms with Crippen LogP contribution in [0.3, 0.4) is 0 Å². The standard InChI is InChI=1S/C15H20BrNO3/c1-3-19-14(18)15(2)8-6-12(7-9-15)20-13-5-4-11(16)10-17-13/h4-5,10,12H,3,6-9H2,1-2H3/t12-,15+. The average molecular weight is 342 g/mol. The van der Waals surface area contributed by atoms with Crippen LogP contribution in [0.25, 0.3) is 0 Å². The third kappa shape index (κ3) is 3.72. The van der Waals surface area contributed by atoms with E-state index in [1.54, 1.807) is 6.20 Å². The van der Waals surface area contributed by atoms with Gasteiger partial charge in [0, 0.05) is 16.7 Å². The summed E-state index contributed by atoms with van der Waals surface area (Å²) in [5.74, 6) is 0.554. The Hall–Kier alpha value is -1.10. The van der Waals surface area contributed by atoms with Gasteiger partial charge in [-0.2, -0.15) is 0 Å². The molecule has 2 rings (SSSR count). The van der Waals surface area contributed by atoms with Gasteiger partial charge >= 0.3 is 5.97 Å². The summed E-state index contributed by atoms with van der Waals surface area (Å²) in [5.41, 5.74) is -0.358. The summed E-state index contributed by atoms with van der Waals surface area (Å²) in [5, 5.41) is 0. The van der Waals surface area contributed by atoms with Crippen molar-refractivity contribution < 1.29 is 14.3 Å². The largest absolute Gasteiger partial charge is 0.474 e. The van der Waals surface area contributed by atoms with Gasteiger partial charge in [0.05, 0.1) is 12.0 Å². The van der Waals surface area contributed by atoms with E-state index in [9.17, 15) is 4.79 Å². The molecule has 0 aromatic carbocycles. The van der Waals surface area contributed by atoms with E-state index in [1.807, 2.05) is 26.0 Å². The Bertz CT molecular complexity index is 453. The Morgan fingerprint density at radius 3 is 2.70 bits per heavy atom. The van der Waals surface area contributed by atoms with Crippen molar-refractivity contribution in [2.24, 2.45) is 5.41 Å². The third-order valence-electron chi connectivity index (χ3n) is 3.79. The molecule has 0 aliphatic heterocycles. The number of aromatic nitrogens is 1. The van der Waals surface area contributed by atoms with Crippen molar-refractivity contribution in [3.63, 3.8) is 0 Å². The molecule has 0 spiro atoms. The van der Waals surface area contributed by atoms with Crippen LogP contribution < -0.4 is 4.74 Å². The molecule has 0 amide bonds. The Morgan fingerprint density at radius 2 is 2.15 bits per heavy atom. The minimum Gasteiger partial charge on any atom is -0.474 e. The summed E-state index contributed by atoms with van der Waals surface area (Å²) in [7, 11) is 0. The van der Waals surface area contributed by atoms with E-state index in [0.717, 1.165) is 30.2 Å². The van der Waals surface area contributed by atoms with Crippen molar-refractivity contribution in [1.82, 2.24) is 4.98 Å². The molecule has 0 radical (unpaired) electrons. The first kappa shape index (κ1) is 15.3. The molecule has 0 saturated heterocycles. The second-order valence-electron chi connectivity index (χ2n) is 5.41. The number of nitrogens with zero attached hydrogens (tertiary/aromatic N) is 1. The Balaban J connectivity index is 1.88. The van der Waals surface area contributed by atoms with Crippen LogP contribution >= 0.6 is 15.9 Å². The Kier molecular flexibility index (Phi) is 5.02. The highest BCUT2D eigenvalue weighted by Gasteiger charge is 2.39. The second-order valence-corrected chi connectivity index (χ2v) is 6.33. The van der Waals surface area contributed by atoms with E-state index in [1.165, 1.54) is 0 Å². The molecular weight excluding hydrogens is 322 g/mol. The van der Waals surface area contributed by atoms with E-state index in [4.69, 9.17) is 9.47 Å². The average Bonchev–Trinajstić information content (AvgIpc) is 2.44. The molecule has 20 heavy (non-hydrogen) atoms. The van der Waals surface area contributed by atoms with Gasteiger partial charge in [-0.15, -0.1) is 0 Å². The lowest BCUT2D eigenvalue weighted by Crippen LogP contribution is -2.37. The number of carbonyl (C=O) groups excluding carboxylic acids is 1. The summed E-state index contributed by atoms with van der Waals surface area (Å²) in [6.07, 6.45) is 5.16. The van der Waals surface area contributed by atoms with Crippen LogP contribution in [-0.2, 0) is 9.53 Å². The van der Waals surface area contributed by atoms with Crippen molar-refractivity contribution in [1.29, 1.82) is 0 Å². The number of hydrogen-bond donors (Lipinski definition) is 0. The molecule has 5 heteroatoms. The first-order valence-electron chi connectivity index (χ1n) is 6.99. The third-order valence-corrected chi connectivity index (χ3v) is 4.26. The Morgan fingerprint density at radius 1 is 1.45 bits per heavy atom. The monoisotopic (exact) mass is 341 g/mol. The van der Waals surface area contributed by atoms with Crippen molar-refractivity contribution in [2.75, 3.05) is 6.61 Å². The zero-order chi connectivity index (χ0) is 14.6. The molecule has 4 nitrogen and oxygen atoms in total. The molecule has 0 N–H and O–H groups in total. The molecule has 1 fully saturated rings. The van der Waals surface area contributed by atoms with Crippen molar-refractivity contribution in [2.45, 2.75) is 45.6 Å². The maximum absolute atomic E-state index is 11.9. The number of halogens is 1. The molecule has 1 aliphatic carbocycles. The highest BCUT2D eigenvalue weighted by Crippen LogP contribution is 2.38. The summed E-state index contributed by atoms with van der Waals surface area (Å²) in [4.78, 5) is 16.2. The molecule has 0 bridgehead atoms. The van der Waals surface area contributed by atoms with Crippen LogP contribution in [-0.4, -0.2) is 23.7 Å². The summed E-state index contributed by atoms with van der Waals surface area (Å²) < 4.78 is 11.9. The molecule has 1 saturated carbocycles. The van der Waals surface area contributed by atoms with Crippen LogP contribution in [0.15, 0.2) is 22.8 Å². The van der Waals surface area contributed by atoms with Crippen LogP contribution in [0.1, 0.15) is 39.5 Å². The van der Waals surface area contributed by atoms with Gasteiger partial charge in [-0.3, -0.25) is 4.79 Å². The molecule has 1 aromatic heterocycles. The number of ether oxygens (including phenoxy) is 2. The molecular formula is C15H20BrNO3. The van der Waals surface area contributed by atoms with Gasteiger partial charge in [0.25, 0.3) is 0 Å². The van der Waals surface area contributed by atoms with Crippen molar-refractivity contribution in [3.8, 4) is 5.88 Å². The van der Waals surface area contributed by atoms with Crippen LogP contribution in [0.2, 0.25) is 0 Å². The van der Waals surface area contributed by atoms with Gasteiger partial charge in [0.2, 0.25) is 5.88 Å². The van der Waals surface area contributed by atoms with Gasteiger partial charge in [-0.05, 0) is 61.5 Å². The predicted octanol–water partition coefficient (Wildman–Crippen LogP) is 3.73. The van der Waals surface area contributed by atoms with Crippen molar-refractivity contribution >= 4 is 21.9 Å².